The molecule has 4 heteroatoms. The first-order valence-electron chi connectivity index (χ1n) is 6.08. The summed E-state index contributed by atoms with van der Waals surface area (Å²) in [5.74, 6) is -0.148. The molecule has 0 aliphatic rings. The molecule has 0 bridgehead atoms. The molecule has 19 heavy (non-hydrogen) atoms. The van der Waals surface area contributed by atoms with E-state index >= 15 is 0 Å². The summed E-state index contributed by atoms with van der Waals surface area (Å²) < 4.78 is 0. The van der Waals surface area contributed by atoms with E-state index in [9.17, 15) is 4.79 Å². The lowest BCUT2D eigenvalue weighted by molar-refractivity contribution is 0.0946. The summed E-state index contributed by atoms with van der Waals surface area (Å²) in [6, 6.07) is 14.2. The minimum Gasteiger partial charge on any atom is -0.347 e. The fourth-order valence-corrected chi connectivity index (χ4v) is 2.10. The maximum Gasteiger partial charge on any atom is 0.269 e. The average molecular weight is 251 g/mol. The summed E-state index contributed by atoms with van der Waals surface area (Å²) >= 11 is 0. The number of rotatable bonds is 3. The second kappa shape index (κ2) is 4.94. The average Bonchev–Trinajstić information content (AvgIpc) is 2.99. The van der Waals surface area contributed by atoms with Crippen molar-refractivity contribution in [1.29, 1.82) is 0 Å². The summed E-state index contributed by atoms with van der Waals surface area (Å²) in [5.41, 5.74) is 1.58. The van der Waals surface area contributed by atoms with Gasteiger partial charge >= 0.3 is 0 Å². The van der Waals surface area contributed by atoms with Crippen LogP contribution in [0.2, 0.25) is 0 Å². The van der Waals surface area contributed by atoms with E-state index in [1.54, 1.807) is 0 Å². The molecular formula is C15H13N3O. The Hall–Kier alpha value is -2.62. The van der Waals surface area contributed by atoms with Crippen molar-refractivity contribution >= 4 is 16.7 Å². The zero-order valence-electron chi connectivity index (χ0n) is 10.3. The first-order valence-corrected chi connectivity index (χ1v) is 6.08. The molecule has 3 aromatic rings. The number of hydrogen-bond acceptors (Lipinski definition) is 2. The molecule has 0 atom stereocenters. The van der Waals surface area contributed by atoms with Crippen molar-refractivity contribution in [1.82, 2.24) is 15.3 Å². The largest absolute Gasteiger partial charge is 0.347 e. The highest BCUT2D eigenvalue weighted by Gasteiger charge is 2.07. The van der Waals surface area contributed by atoms with Crippen LogP contribution in [0.1, 0.15) is 16.1 Å². The van der Waals surface area contributed by atoms with Crippen molar-refractivity contribution in [3.63, 3.8) is 0 Å². The normalized spacial score (nSPS) is 10.5. The Morgan fingerprint density at radius 3 is 2.84 bits per heavy atom. The molecule has 0 radical (unpaired) electrons. The minimum atomic E-state index is -0.148. The lowest BCUT2D eigenvalue weighted by Gasteiger charge is -2.07. The first-order chi connectivity index (χ1) is 9.34. The number of aromatic amines is 1. The van der Waals surface area contributed by atoms with Gasteiger partial charge in [-0.25, -0.2) is 4.98 Å². The van der Waals surface area contributed by atoms with E-state index in [1.807, 2.05) is 24.3 Å². The van der Waals surface area contributed by atoms with Crippen LogP contribution in [0.25, 0.3) is 10.8 Å². The SMILES string of the molecule is O=C(NCc1cccc2ccccc12)c1cnc[nH]1. The third-order valence-electron chi connectivity index (χ3n) is 3.06. The molecule has 2 N–H and O–H groups in total. The number of amides is 1. The van der Waals surface area contributed by atoms with Crippen molar-refractivity contribution in [2.75, 3.05) is 0 Å². The van der Waals surface area contributed by atoms with Crippen LogP contribution in [-0.2, 0) is 6.54 Å². The van der Waals surface area contributed by atoms with Crippen LogP contribution in [0.15, 0.2) is 55.0 Å². The standard InChI is InChI=1S/C15H13N3O/c19-15(14-9-16-10-18-14)17-8-12-6-3-5-11-4-1-2-7-13(11)12/h1-7,9-10H,8H2,(H,16,18)(H,17,19). The number of nitrogens with zero attached hydrogens (tertiary/aromatic N) is 1. The topological polar surface area (TPSA) is 57.8 Å². The van der Waals surface area contributed by atoms with Crippen molar-refractivity contribution in [2.24, 2.45) is 0 Å². The molecule has 3 rings (SSSR count). The van der Waals surface area contributed by atoms with Gasteiger partial charge in [0.25, 0.3) is 5.91 Å². The predicted octanol–water partition coefficient (Wildman–Crippen LogP) is 2.49. The molecule has 0 aliphatic carbocycles. The van der Waals surface area contributed by atoms with Crippen LogP contribution < -0.4 is 5.32 Å². The zero-order chi connectivity index (χ0) is 13.1. The Labute approximate surface area is 110 Å². The molecule has 1 heterocycles. The number of carbonyl (C=O) groups excluding carboxylic acids is 1. The van der Waals surface area contributed by atoms with Gasteiger partial charge < -0.3 is 10.3 Å². The number of carbonyl (C=O) groups is 1. The van der Waals surface area contributed by atoms with E-state index in [2.05, 4.69) is 33.5 Å². The molecule has 0 unspecified atom stereocenters. The van der Waals surface area contributed by atoms with Gasteiger partial charge in [0, 0.05) is 6.54 Å². The highest BCUT2D eigenvalue weighted by Crippen LogP contribution is 2.18. The lowest BCUT2D eigenvalue weighted by atomic mass is 10.0. The quantitative estimate of drug-likeness (QED) is 0.751. The van der Waals surface area contributed by atoms with E-state index in [0.29, 0.717) is 12.2 Å². The Kier molecular flexibility index (Phi) is 2.98. The molecule has 2 aromatic carbocycles. The monoisotopic (exact) mass is 251 g/mol. The molecule has 0 spiro atoms. The van der Waals surface area contributed by atoms with E-state index in [1.165, 1.54) is 17.9 Å². The van der Waals surface area contributed by atoms with E-state index in [4.69, 9.17) is 0 Å². The third-order valence-corrected chi connectivity index (χ3v) is 3.06. The van der Waals surface area contributed by atoms with Crippen molar-refractivity contribution < 1.29 is 4.79 Å². The summed E-state index contributed by atoms with van der Waals surface area (Å²) in [5, 5.41) is 5.22. The van der Waals surface area contributed by atoms with Crippen LogP contribution in [-0.4, -0.2) is 15.9 Å². The van der Waals surface area contributed by atoms with Crippen LogP contribution in [0.3, 0.4) is 0 Å². The number of hydrogen-bond donors (Lipinski definition) is 2. The highest BCUT2D eigenvalue weighted by atomic mass is 16.1. The maximum atomic E-state index is 11.8. The third kappa shape index (κ3) is 2.33. The fraction of sp³-hybridized carbons (Fsp3) is 0.0667. The molecule has 1 aromatic heterocycles. The molecule has 0 saturated carbocycles. The first kappa shape index (κ1) is 11.5. The number of nitrogens with one attached hydrogen (secondary N) is 2. The summed E-state index contributed by atoms with van der Waals surface area (Å²) in [7, 11) is 0. The van der Waals surface area contributed by atoms with Gasteiger partial charge in [-0.15, -0.1) is 0 Å². The van der Waals surface area contributed by atoms with Gasteiger partial charge in [-0.2, -0.15) is 0 Å². The second-order valence-corrected chi connectivity index (χ2v) is 4.29. The summed E-state index contributed by atoms with van der Waals surface area (Å²) in [6.45, 7) is 0.499. The van der Waals surface area contributed by atoms with Gasteiger partial charge in [0.05, 0.1) is 12.5 Å². The van der Waals surface area contributed by atoms with Crippen LogP contribution in [0.5, 0.6) is 0 Å². The van der Waals surface area contributed by atoms with Gasteiger partial charge in [-0.1, -0.05) is 42.5 Å². The van der Waals surface area contributed by atoms with Crippen molar-refractivity contribution in [3.8, 4) is 0 Å². The molecule has 0 saturated heterocycles. The number of fused-ring (bicyclic) bond motifs is 1. The predicted molar refractivity (Wildman–Crippen MR) is 73.7 cm³/mol. The minimum absolute atomic E-state index is 0.148. The molecule has 4 nitrogen and oxygen atoms in total. The summed E-state index contributed by atoms with van der Waals surface area (Å²) in [6.07, 6.45) is 3.01. The molecule has 0 aliphatic heterocycles. The molecule has 94 valence electrons. The molecule has 0 fully saturated rings. The summed E-state index contributed by atoms with van der Waals surface area (Å²) in [4.78, 5) is 18.5. The Morgan fingerprint density at radius 1 is 1.16 bits per heavy atom. The van der Waals surface area contributed by atoms with E-state index < -0.39 is 0 Å². The van der Waals surface area contributed by atoms with Gasteiger partial charge in [0.2, 0.25) is 0 Å². The Bertz CT molecular complexity index is 699. The molecular weight excluding hydrogens is 238 g/mol. The number of H-pyrrole nitrogens is 1. The van der Waals surface area contributed by atoms with Crippen molar-refractivity contribution in [3.05, 3.63) is 66.2 Å². The van der Waals surface area contributed by atoms with Crippen LogP contribution in [0.4, 0.5) is 0 Å². The smallest absolute Gasteiger partial charge is 0.269 e. The van der Waals surface area contributed by atoms with E-state index in [0.717, 1.165) is 10.9 Å². The maximum absolute atomic E-state index is 11.8. The number of benzene rings is 2. The fourth-order valence-electron chi connectivity index (χ4n) is 2.10. The van der Waals surface area contributed by atoms with Gasteiger partial charge in [0.1, 0.15) is 5.69 Å². The Morgan fingerprint density at radius 2 is 2.00 bits per heavy atom. The van der Waals surface area contributed by atoms with E-state index in [-0.39, 0.29) is 5.91 Å². The van der Waals surface area contributed by atoms with Crippen molar-refractivity contribution in [2.45, 2.75) is 6.54 Å². The number of aromatic nitrogens is 2. The van der Waals surface area contributed by atoms with Gasteiger partial charge in [-0.05, 0) is 16.3 Å². The van der Waals surface area contributed by atoms with Gasteiger partial charge in [-0.3, -0.25) is 4.79 Å². The second-order valence-electron chi connectivity index (χ2n) is 4.29. The Balaban J connectivity index is 1.81. The van der Waals surface area contributed by atoms with Gasteiger partial charge in [0.15, 0.2) is 0 Å². The number of imidazole rings is 1. The highest BCUT2D eigenvalue weighted by molar-refractivity contribution is 5.92. The molecule has 1 amide bonds. The van der Waals surface area contributed by atoms with Crippen LogP contribution >= 0.6 is 0 Å². The van der Waals surface area contributed by atoms with Crippen LogP contribution in [0, 0.1) is 0 Å². The lowest BCUT2D eigenvalue weighted by Crippen LogP contribution is -2.23. The zero-order valence-corrected chi connectivity index (χ0v) is 10.3.